The highest BCUT2D eigenvalue weighted by Crippen LogP contribution is 2.12. The summed E-state index contributed by atoms with van der Waals surface area (Å²) in [5, 5.41) is 3.87. The molecule has 2 aliphatic heterocycles. The van der Waals surface area contributed by atoms with E-state index < -0.39 is 0 Å². The predicted molar refractivity (Wildman–Crippen MR) is 93.1 cm³/mol. The molecule has 1 N–H and O–H groups in total. The molecule has 0 radical (unpaired) electrons. The number of carbonyl (C=O) groups excluding carboxylic acids is 3. The Morgan fingerprint density at radius 2 is 1.60 bits per heavy atom. The van der Waals surface area contributed by atoms with Crippen molar-refractivity contribution < 1.29 is 14.4 Å². The second-order valence-corrected chi connectivity index (χ2v) is 6.40. The first-order valence-electron chi connectivity index (χ1n) is 8.55. The number of nitrogens with zero attached hydrogens (tertiary/aromatic N) is 3. The molecule has 1 aromatic rings. The van der Waals surface area contributed by atoms with Crippen LogP contribution < -0.4 is 5.43 Å². The van der Waals surface area contributed by atoms with Gasteiger partial charge in [0.15, 0.2) is 0 Å². The van der Waals surface area contributed by atoms with Gasteiger partial charge in [0.1, 0.15) is 5.71 Å². The number of hydrogen-bond acceptors (Lipinski definition) is 4. The lowest BCUT2D eigenvalue weighted by Crippen LogP contribution is -2.42. The monoisotopic (exact) mass is 342 g/mol. The van der Waals surface area contributed by atoms with E-state index in [1.54, 1.807) is 9.80 Å². The van der Waals surface area contributed by atoms with Crippen molar-refractivity contribution in [3.8, 4) is 0 Å². The van der Waals surface area contributed by atoms with Gasteiger partial charge in [-0.15, -0.1) is 0 Å². The lowest BCUT2D eigenvalue weighted by atomic mass is 10.1. The second-order valence-electron chi connectivity index (χ2n) is 6.40. The highest BCUT2D eigenvalue weighted by Gasteiger charge is 2.27. The van der Waals surface area contributed by atoms with Crippen LogP contribution in [0.2, 0.25) is 0 Å². The summed E-state index contributed by atoms with van der Waals surface area (Å²) < 4.78 is 0. The first-order valence-corrected chi connectivity index (χ1v) is 8.55. The van der Waals surface area contributed by atoms with E-state index in [9.17, 15) is 14.4 Å². The summed E-state index contributed by atoms with van der Waals surface area (Å²) in [4.78, 5) is 39.8. The van der Waals surface area contributed by atoms with Gasteiger partial charge in [0.2, 0.25) is 5.91 Å². The molecule has 2 aliphatic rings. The van der Waals surface area contributed by atoms with Gasteiger partial charge in [-0.3, -0.25) is 14.4 Å². The molecule has 1 fully saturated rings. The minimum Gasteiger partial charge on any atom is -0.337 e. The molecule has 1 aromatic carbocycles. The Labute approximate surface area is 146 Å². The number of hydrazone groups is 1. The number of benzene rings is 1. The van der Waals surface area contributed by atoms with E-state index in [-0.39, 0.29) is 24.1 Å². The SMILES string of the molecule is Cc1ccc(C(=O)N2CCCN(C(=O)C3=NNC(=O)CC3)CC2)cc1. The topological polar surface area (TPSA) is 82.1 Å². The number of amides is 3. The van der Waals surface area contributed by atoms with E-state index >= 15 is 0 Å². The van der Waals surface area contributed by atoms with Crippen LogP contribution in [-0.2, 0) is 9.59 Å². The summed E-state index contributed by atoms with van der Waals surface area (Å²) in [5.41, 5.74) is 4.53. The molecule has 3 rings (SSSR count). The van der Waals surface area contributed by atoms with E-state index in [4.69, 9.17) is 0 Å². The summed E-state index contributed by atoms with van der Waals surface area (Å²) in [5.74, 6) is -0.316. The highest BCUT2D eigenvalue weighted by atomic mass is 16.2. The van der Waals surface area contributed by atoms with Crippen LogP contribution in [0.25, 0.3) is 0 Å². The third-order valence-corrected chi connectivity index (χ3v) is 4.52. The number of rotatable bonds is 2. The number of carbonyl (C=O) groups is 3. The molecule has 0 aromatic heterocycles. The van der Waals surface area contributed by atoms with Gasteiger partial charge in [0.25, 0.3) is 11.8 Å². The summed E-state index contributed by atoms with van der Waals surface area (Å²) in [7, 11) is 0. The Balaban J connectivity index is 1.62. The summed E-state index contributed by atoms with van der Waals surface area (Å²) in [6.07, 6.45) is 1.38. The van der Waals surface area contributed by atoms with E-state index in [2.05, 4.69) is 10.5 Å². The van der Waals surface area contributed by atoms with Crippen LogP contribution in [-0.4, -0.2) is 59.4 Å². The van der Waals surface area contributed by atoms with E-state index in [1.807, 2.05) is 31.2 Å². The maximum absolute atomic E-state index is 12.6. The molecular formula is C18H22N4O3. The molecule has 0 unspecified atom stereocenters. The first kappa shape index (κ1) is 17.1. The fraction of sp³-hybridized carbons (Fsp3) is 0.444. The van der Waals surface area contributed by atoms with Crippen molar-refractivity contribution in [3.05, 3.63) is 35.4 Å². The molecule has 3 amide bonds. The van der Waals surface area contributed by atoms with E-state index in [0.29, 0.717) is 43.9 Å². The molecule has 0 spiro atoms. The number of hydrogen-bond donors (Lipinski definition) is 1. The fourth-order valence-electron chi connectivity index (χ4n) is 3.01. The molecule has 0 atom stereocenters. The van der Waals surface area contributed by atoms with Crippen molar-refractivity contribution in [2.75, 3.05) is 26.2 Å². The third-order valence-electron chi connectivity index (χ3n) is 4.52. The maximum Gasteiger partial charge on any atom is 0.270 e. The maximum atomic E-state index is 12.6. The Morgan fingerprint density at radius 1 is 0.960 bits per heavy atom. The van der Waals surface area contributed by atoms with Crippen LogP contribution in [0, 0.1) is 6.92 Å². The Hall–Kier alpha value is -2.70. The smallest absolute Gasteiger partial charge is 0.270 e. The molecule has 132 valence electrons. The predicted octanol–water partition coefficient (Wildman–Crippen LogP) is 0.936. The van der Waals surface area contributed by atoms with Gasteiger partial charge in [-0.25, -0.2) is 5.43 Å². The van der Waals surface area contributed by atoms with E-state index in [1.165, 1.54) is 0 Å². The van der Waals surface area contributed by atoms with Gasteiger partial charge in [-0.2, -0.15) is 5.10 Å². The first-order chi connectivity index (χ1) is 12.0. The highest BCUT2D eigenvalue weighted by molar-refractivity contribution is 6.39. The number of nitrogens with one attached hydrogen (secondary N) is 1. The molecule has 1 saturated heterocycles. The van der Waals surface area contributed by atoms with E-state index in [0.717, 1.165) is 12.0 Å². The average molecular weight is 342 g/mol. The third kappa shape index (κ3) is 4.04. The van der Waals surface area contributed by atoms with Crippen LogP contribution in [0.3, 0.4) is 0 Å². The quantitative estimate of drug-likeness (QED) is 0.868. The second kappa shape index (κ2) is 7.46. The van der Waals surface area contributed by atoms with Gasteiger partial charge in [0, 0.05) is 44.6 Å². The van der Waals surface area contributed by atoms with Gasteiger partial charge in [-0.1, -0.05) is 17.7 Å². The lowest BCUT2D eigenvalue weighted by Gasteiger charge is -2.23. The van der Waals surface area contributed by atoms with Crippen LogP contribution in [0.1, 0.15) is 35.2 Å². The van der Waals surface area contributed by atoms with Crippen molar-refractivity contribution in [1.82, 2.24) is 15.2 Å². The van der Waals surface area contributed by atoms with Crippen molar-refractivity contribution >= 4 is 23.4 Å². The average Bonchev–Trinajstić information content (AvgIpc) is 2.88. The minimum atomic E-state index is -0.165. The Kier molecular flexibility index (Phi) is 5.11. The zero-order chi connectivity index (χ0) is 17.8. The van der Waals surface area contributed by atoms with Crippen LogP contribution >= 0.6 is 0 Å². The molecule has 7 nitrogen and oxygen atoms in total. The standard InChI is InChI=1S/C18H22N4O3/c1-13-3-5-14(6-4-13)17(24)21-9-2-10-22(12-11-21)18(25)15-7-8-16(23)20-19-15/h3-6H,2,7-12H2,1H3,(H,20,23). The molecule has 7 heteroatoms. The fourth-order valence-corrected chi connectivity index (χ4v) is 3.01. The minimum absolute atomic E-state index is 0.00318. The van der Waals surface area contributed by atoms with Crippen LogP contribution in [0.15, 0.2) is 29.4 Å². The zero-order valence-corrected chi connectivity index (χ0v) is 14.3. The summed E-state index contributed by atoms with van der Waals surface area (Å²) >= 11 is 0. The van der Waals surface area contributed by atoms with Crippen molar-refractivity contribution in [1.29, 1.82) is 0 Å². The number of aryl methyl sites for hydroxylation is 1. The lowest BCUT2D eigenvalue weighted by molar-refractivity contribution is -0.124. The summed E-state index contributed by atoms with van der Waals surface area (Å²) in [6.45, 7) is 4.17. The molecule has 25 heavy (non-hydrogen) atoms. The van der Waals surface area contributed by atoms with Crippen molar-refractivity contribution in [2.24, 2.45) is 5.10 Å². The molecule has 2 heterocycles. The molecule has 0 saturated carbocycles. The zero-order valence-electron chi connectivity index (χ0n) is 14.3. The van der Waals surface area contributed by atoms with Crippen molar-refractivity contribution in [3.63, 3.8) is 0 Å². The Morgan fingerprint density at radius 3 is 2.20 bits per heavy atom. The van der Waals surface area contributed by atoms with Gasteiger partial charge in [0.05, 0.1) is 0 Å². The Bertz CT molecular complexity index is 712. The molecular weight excluding hydrogens is 320 g/mol. The van der Waals surface area contributed by atoms with Crippen molar-refractivity contribution in [2.45, 2.75) is 26.2 Å². The molecule has 0 aliphatic carbocycles. The van der Waals surface area contributed by atoms with Gasteiger partial charge < -0.3 is 9.80 Å². The van der Waals surface area contributed by atoms with Gasteiger partial charge >= 0.3 is 0 Å². The van der Waals surface area contributed by atoms with Crippen LogP contribution in [0.5, 0.6) is 0 Å². The summed E-state index contributed by atoms with van der Waals surface area (Å²) in [6, 6.07) is 7.53. The van der Waals surface area contributed by atoms with Crippen LogP contribution in [0.4, 0.5) is 0 Å². The molecule has 0 bridgehead atoms. The largest absolute Gasteiger partial charge is 0.337 e. The van der Waals surface area contributed by atoms with Gasteiger partial charge in [-0.05, 0) is 25.5 Å². The normalized spacial score (nSPS) is 18.3.